The third-order valence-corrected chi connectivity index (χ3v) is 2.61. The van der Waals surface area contributed by atoms with Crippen LogP contribution in [0.2, 0.25) is 0 Å². The summed E-state index contributed by atoms with van der Waals surface area (Å²) in [5.74, 6) is 0. The van der Waals surface area contributed by atoms with Crippen LogP contribution in [0.5, 0.6) is 0 Å². The topological polar surface area (TPSA) is 60.9 Å². The number of nitrogen functional groups attached to an aromatic ring is 1. The highest BCUT2D eigenvalue weighted by molar-refractivity contribution is 9.10. The average molecular weight is 280 g/mol. The lowest BCUT2D eigenvalue weighted by Crippen LogP contribution is -2.22. The van der Waals surface area contributed by atoms with Gasteiger partial charge in [-0.15, -0.1) is 0 Å². The zero-order chi connectivity index (χ0) is 11.5. The molecule has 0 saturated heterocycles. The van der Waals surface area contributed by atoms with Gasteiger partial charge in [-0.1, -0.05) is 28.1 Å². The summed E-state index contributed by atoms with van der Waals surface area (Å²) in [7, 11) is 0. The predicted molar refractivity (Wildman–Crippen MR) is 66.2 cm³/mol. The molecule has 0 aliphatic rings. The van der Waals surface area contributed by atoms with Crippen LogP contribution in [-0.2, 0) is 6.54 Å². The first-order valence-corrected chi connectivity index (χ1v) is 5.51. The van der Waals surface area contributed by atoms with E-state index in [0.29, 0.717) is 12.2 Å². The van der Waals surface area contributed by atoms with Crippen LogP contribution in [-0.4, -0.2) is 9.78 Å². The van der Waals surface area contributed by atoms with E-state index < -0.39 is 0 Å². The van der Waals surface area contributed by atoms with E-state index >= 15 is 0 Å². The first-order valence-electron chi connectivity index (χ1n) is 4.72. The van der Waals surface area contributed by atoms with Crippen molar-refractivity contribution < 1.29 is 0 Å². The van der Waals surface area contributed by atoms with Crippen LogP contribution in [0, 0.1) is 0 Å². The maximum absolute atomic E-state index is 11.5. The van der Waals surface area contributed by atoms with Gasteiger partial charge in [0.05, 0.1) is 18.4 Å². The van der Waals surface area contributed by atoms with Crippen molar-refractivity contribution in [3.05, 3.63) is 56.9 Å². The molecule has 0 amide bonds. The maximum Gasteiger partial charge on any atom is 0.269 e. The summed E-state index contributed by atoms with van der Waals surface area (Å²) in [6.45, 7) is 0.443. The van der Waals surface area contributed by atoms with Gasteiger partial charge in [0.25, 0.3) is 5.56 Å². The van der Waals surface area contributed by atoms with Crippen molar-refractivity contribution in [2.45, 2.75) is 6.54 Å². The molecule has 5 heteroatoms. The van der Waals surface area contributed by atoms with Gasteiger partial charge in [-0.3, -0.25) is 4.79 Å². The second-order valence-electron chi connectivity index (χ2n) is 3.41. The number of benzene rings is 1. The van der Waals surface area contributed by atoms with Crippen LogP contribution >= 0.6 is 15.9 Å². The lowest BCUT2D eigenvalue weighted by atomic mass is 10.2. The quantitative estimate of drug-likeness (QED) is 0.909. The van der Waals surface area contributed by atoms with Crippen molar-refractivity contribution in [3.8, 4) is 0 Å². The van der Waals surface area contributed by atoms with Crippen LogP contribution in [0.15, 0.2) is 45.8 Å². The normalized spacial score (nSPS) is 10.3. The Kier molecular flexibility index (Phi) is 3.05. The largest absolute Gasteiger partial charge is 0.397 e. The standard InChI is InChI=1S/C11H10BrN3O/c12-9-3-1-2-8(4-9)7-15-11(16)5-10(13)6-14-15/h1-6H,7,13H2. The van der Waals surface area contributed by atoms with Crippen molar-refractivity contribution in [1.29, 1.82) is 0 Å². The number of aromatic nitrogens is 2. The fourth-order valence-electron chi connectivity index (χ4n) is 1.37. The second-order valence-corrected chi connectivity index (χ2v) is 4.33. The molecule has 4 nitrogen and oxygen atoms in total. The molecule has 2 aromatic rings. The van der Waals surface area contributed by atoms with Crippen LogP contribution in [0.4, 0.5) is 5.69 Å². The number of halogens is 1. The fraction of sp³-hybridized carbons (Fsp3) is 0.0909. The van der Waals surface area contributed by atoms with Gasteiger partial charge in [-0.2, -0.15) is 5.10 Å². The van der Waals surface area contributed by atoms with Crippen molar-refractivity contribution in [2.24, 2.45) is 0 Å². The minimum Gasteiger partial charge on any atom is -0.397 e. The molecule has 0 spiro atoms. The number of nitrogens with two attached hydrogens (primary N) is 1. The molecule has 0 fully saturated rings. The summed E-state index contributed by atoms with van der Waals surface area (Å²) in [6, 6.07) is 9.11. The van der Waals surface area contributed by atoms with E-state index in [1.165, 1.54) is 16.9 Å². The van der Waals surface area contributed by atoms with E-state index in [4.69, 9.17) is 5.73 Å². The van der Waals surface area contributed by atoms with Gasteiger partial charge in [0, 0.05) is 10.5 Å². The molecule has 1 aromatic carbocycles. The Morgan fingerprint density at radius 1 is 1.38 bits per heavy atom. The van der Waals surface area contributed by atoms with Crippen molar-refractivity contribution >= 4 is 21.6 Å². The molecular weight excluding hydrogens is 270 g/mol. The molecule has 0 atom stereocenters. The minimum absolute atomic E-state index is 0.194. The minimum atomic E-state index is -0.194. The monoisotopic (exact) mass is 279 g/mol. The summed E-state index contributed by atoms with van der Waals surface area (Å²) in [5, 5.41) is 3.97. The number of nitrogens with zero attached hydrogens (tertiary/aromatic N) is 2. The number of hydrogen-bond acceptors (Lipinski definition) is 3. The highest BCUT2D eigenvalue weighted by Crippen LogP contribution is 2.11. The van der Waals surface area contributed by atoms with Gasteiger partial charge in [-0.05, 0) is 17.7 Å². The Hall–Kier alpha value is -1.62. The Balaban J connectivity index is 2.31. The first kappa shape index (κ1) is 10.9. The number of rotatable bonds is 2. The van der Waals surface area contributed by atoms with E-state index in [2.05, 4.69) is 21.0 Å². The molecule has 0 bridgehead atoms. The van der Waals surface area contributed by atoms with E-state index in [0.717, 1.165) is 10.0 Å². The van der Waals surface area contributed by atoms with Crippen LogP contribution in [0.3, 0.4) is 0 Å². The number of hydrogen-bond donors (Lipinski definition) is 1. The maximum atomic E-state index is 11.5. The van der Waals surface area contributed by atoms with Gasteiger partial charge in [-0.25, -0.2) is 4.68 Å². The molecule has 0 unspecified atom stereocenters. The molecule has 2 rings (SSSR count). The summed E-state index contributed by atoms with van der Waals surface area (Å²) >= 11 is 3.38. The second kappa shape index (κ2) is 4.49. The van der Waals surface area contributed by atoms with Crippen molar-refractivity contribution in [2.75, 3.05) is 5.73 Å². The molecule has 1 heterocycles. The number of anilines is 1. The van der Waals surface area contributed by atoms with Gasteiger partial charge in [0.1, 0.15) is 0 Å². The summed E-state index contributed by atoms with van der Waals surface area (Å²) < 4.78 is 2.35. The fourth-order valence-corrected chi connectivity index (χ4v) is 1.82. The van der Waals surface area contributed by atoms with Gasteiger partial charge in [0.15, 0.2) is 0 Å². The third kappa shape index (κ3) is 2.49. The molecule has 0 aliphatic carbocycles. The van der Waals surface area contributed by atoms with E-state index in [9.17, 15) is 4.79 Å². The van der Waals surface area contributed by atoms with E-state index in [1.54, 1.807) is 0 Å². The highest BCUT2D eigenvalue weighted by atomic mass is 79.9. The lowest BCUT2D eigenvalue weighted by molar-refractivity contribution is 0.640. The van der Waals surface area contributed by atoms with Crippen LogP contribution in [0.1, 0.15) is 5.56 Å². The predicted octanol–water partition coefficient (Wildman–Crippen LogP) is 1.64. The Morgan fingerprint density at radius 2 is 2.19 bits per heavy atom. The average Bonchev–Trinajstić information content (AvgIpc) is 2.22. The summed E-state index contributed by atoms with van der Waals surface area (Å²) in [4.78, 5) is 11.5. The molecular formula is C11H10BrN3O. The Labute approximate surface area is 101 Å². The molecule has 0 radical (unpaired) electrons. The molecule has 0 aliphatic heterocycles. The lowest BCUT2D eigenvalue weighted by Gasteiger charge is -2.04. The van der Waals surface area contributed by atoms with Crippen LogP contribution in [0.25, 0.3) is 0 Å². The SMILES string of the molecule is Nc1cnn(Cc2cccc(Br)c2)c(=O)c1. The van der Waals surface area contributed by atoms with Crippen molar-refractivity contribution in [1.82, 2.24) is 9.78 Å². The molecule has 2 N–H and O–H groups in total. The first-order chi connectivity index (χ1) is 7.65. The molecule has 82 valence electrons. The highest BCUT2D eigenvalue weighted by Gasteiger charge is 2.00. The zero-order valence-electron chi connectivity index (χ0n) is 8.43. The molecule has 16 heavy (non-hydrogen) atoms. The van der Waals surface area contributed by atoms with Gasteiger partial charge < -0.3 is 5.73 Å². The van der Waals surface area contributed by atoms with Gasteiger partial charge >= 0.3 is 0 Å². The zero-order valence-corrected chi connectivity index (χ0v) is 10.0. The Morgan fingerprint density at radius 3 is 2.88 bits per heavy atom. The van der Waals surface area contributed by atoms with Gasteiger partial charge in [0.2, 0.25) is 0 Å². The summed E-state index contributed by atoms with van der Waals surface area (Å²) in [5.41, 5.74) is 6.66. The van der Waals surface area contributed by atoms with E-state index in [1.807, 2.05) is 24.3 Å². The summed E-state index contributed by atoms with van der Waals surface area (Å²) in [6.07, 6.45) is 1.47. The molecule has 0 saturated carbocycles. The molecule has 1 aromatic heterocycles. The van der Waals surface area contributed by atoms with Crippen molar-refractivity contribution in [3.63, 3.8) is 0 Å². The Bertz CT molecular complexity index is 565. The third-order valence-electron chi connectivity index (χ3n) is 2.11. The smallest absolute Gasteiger partial charge is 0.269 e. The van der Waals surface area contributed by atoms with Crippen LogP contribution < -0.4 is 11.3 Å². The van der Waals surface area contributed by atoms with E-state index in [-0.39, 0.29) is 5.56 Å².